The smallest absolute Gasteiger partial charge is 0.224 e. The van der Waals surface area contributed by atoms with Crippen LogP contribution in [0, 0.1) is 6.92 Å². The maximum absolute atomic E-state index is 5.11. The molecule has 0 aromatic carbocycles. The van der Waals surface area contributed by atoms with Crippen LogP contribution in [-0.2, 0) is 6.54 Å². The second-order valence-electron chi connectivity index (χ2n) is 4.70. The van der Waals surface area contributed by atoms with Crippen LogP contribution in [0.2, 0.25) is 0 Å². The number of pyridine rings is 1. The van der Waals surface area contributed by atoms with Crippen LogP contribution in [0.25, 0.3) is 0 Å². The molecule has 0 amide bonds. The Balaban J connectivity index is 2.03. The van der Waals surface area contributed by atoms with Crippen LogP contribution in [0.15, 0.2) is 24.4 Å². The molecular formula is C15H21N5O. The highest BCUT2D eigenvalue weighted by Gasteiger charge is 2.02. The first-order valence-electron chi connectivity index (χ1n) is 7.03. The Kier molecular flexibility index (Phi) is 5.31. The van der Waals surface area contributed by atoms with Crippen molar-refractivity contribution in [3.05, 3.63) is 35.7 Å². The first-order chi connectivity index (χ1) is 10.2. The third kappa shape index (κ3) is 4.59. The molecule has 2 heterocycles. The molecule has 2 rings (SSSR count). The molecule has 0 fully saturated rings. The number of nitrogens with one attached hydrogen (secondary N) is 2. The number of hydrogen-bond acceptors (Lipinski definition) is 6. The minimum atomic E-state index is 0.610. The molecule has 0 aliphatic rings. The molecule has 2 aromatic heterocycles. The van der Waals surface area contributed by atoms with Crippen molar-refractivity contribution in [2.24, 2.45) is 0 Å². The van der Waals surface area contributed by atoms with Gasteiger partial charge >= 0.3 is 0 Å². The molecule has 0 saturated heterocycles. The van der Waals surface area contributed by atoms with E-state index in [1.807, 2.05) is 25.1 Å². The van der Waals surface area contributed by atoms with E-state index in [4.69, 9.17) is 4.74 Å². The molecule has 0 aliphatic heterocycles. The van der Waals surface area contributed by atoms with E-state index < -0.39 is 0 Å². The van der Waals surface area contributed by atoms with Crippen molar-refractivity contribution in [3.63, 3.8) is 0 Å². The van der Waals surface area contributed by atoms with Crippen LogP contribution in [0.4, 0.5) is 11.8 Å². The maximum Gasteiger partial charge on any atom is 0.224 e. The number of aromatic nitrogens is 3. The highest BCUT2D eigenvalue weighted by Crippen LogP contribution is 2.13. The number of nitrogens with zero attached hydrogens (tertiary/aromatic N) is 3. The SMILES string of the molecule is CCCNc1nc(C)cc(NCc2ccnc(OC)c2)n1. The maximum atomic E-state index is 5.11. The van der Waals surface area contributed by atoms with E-state index in [0.717, 1.165) is 30.0 Å². The molecule has 0 spiro atoms. The molecule has 0 bridgehead atoms. The zero-order valence-electron chi connectivity index (χ0n) is 12.7. The molecular weight excluding hydrogens is 266 g/mol. The van der Waals surface area contributed by atoms with E-state index in [-0.39, 0.29) is 0 Å². The zero-order valence-corrected chi connectivity index (χ0v) is 12.7. The van der Waals surface area contributed by atoms with E-state index in [2.05, 4.69) is 32.5 Å². The lowest BCUT2D eigenvalue weighted by atomic mass is 10.2. The van der Waals surface area contributed by atoms with Crippen molar-refractivity contribution in [1.82, 2.24) is 15.0 Å². The van der Waals surface area contributed by atoms with Gasteiger partial charge in [0.15, 0.2) is 0 Å². The Morgan fingerprint density at radius 1 is 1.19 bits per heavy atom. The number of hydrogen-bond donors (Lipinski definition) is 2. The molecule has 2 aromatic rings. The fourth-order valence-electron chi connectivity index (χ4n) is 1.84. The number of anilines is 2. The third-order valence-corrected chi connectivity index (χ3v) is 2.87. The first-order valence-corrected chi connectivity index (χ1v) is 7.03. The fraction of sp³-hybridized carbons (Fsp3) is 0.400. The van der Waals surface area contributed by atoms with E-state index in [9.17, 15) is 0 Å². The number of aryl methyl sites for hydroxylation is 1. The van der Waals surface area contributed by atoms with E-state index in [1.54, 1.807) is 13.3 Å². The van der Waals surface area contributed by atoms with Gasteiger partial charge in [-0.2, -0.15) is 4.98 Å². The predicted molar refractivity (Wildman–Crippen MR) is 83.7 cm³/mol. The van der Waals surface area contributed by atoms with Gasteiger partial charge in [0.05, 0.1) is 7.11 Å². The molecule has 6 nitrogen and oxygen atoms in total. The Labute approximate surface area is 125 Å². The van der Waals surface area contributed by atoms with Gasteiger partial charge in [0.1, 0.15) is 5.82 Å². The van der Waals surface area contributed by atoms with Crippen LogP contribution in [0.3, 0.4) is 0 Å². The summed E-state index contributed by atoms with van der Waals surface area (Å²) in [6, 6.07) is 5.77. The minimum Gasteiger partial charge on any atom is -0.481 e. The molecule has 2 N–H and O–H groups in total. The Morgan fingerprint density at radius 3 is 2.81 bits per heavy atom. The van der Waals surface area contributed by atoms with E-state index >= 15 is 0 Å². The summed E-state index contributed by atoms with van der Waals surface area (Å²) in [6.45, 7) is 5.59. The first kappa shape index (κ1) is 15.0. The van der Waals surface area contributed by atoms with Gasteiger partial charge in [-0.1, -0.05) is 6.92 Å². The van der Waals surface area contributed by atoms with Crippen molar-refractivity contribution in [2.75, 3.05) is 24.3 Å². The largest absolute Gasteiger partial charge is 0.481 e. The van der Waals surface area contributed by atoms with Crippen LogP contribution in [-0.4, -0.2) is 28.6 Å². The molecule has 0 aliphatic carbocycles. The highest BCUT2D eigenvalue weighted by molar-refractivity contribution is 5.42. The topological polar surface area (TPSA) is 72.0 Å². The van der Waals surface area contributed by atoms with Crippen LogP contribution >= 0.6 is 0 Å². The van der Waals surface area contributed by atoms with Crippen molar-refractivity contribution in [3.8, 4) is 5.88 Å². The number of rotatable bonds is 7. The van der Waals surface area contributed by atoms with Gasteiger partial charge in [0.2, 0.25) is 11.8 Å². The second-order valence-corrected chi connectivity index (χ2v) is 4.70. The highest BCUT2D eigenvalue weighted by atomic mass is 16.5. The summed E-state index contributed by atoms with van der Waals surface area (Å²) in [7, 11) is 1.61. The average molecular weight is 287 g/mol. The van der Waals surface area contributed by atoms with Crippen LogP contribution in [0.5, 0.6) is 5.88 Å². The summed E-state index contributed by atoms with van der Waals surface area (Å²) in [6.07, 6.45) is 2.77. The van der Waals surface area contributed by atoms with E-state index in [0.29, 0.717) is 18.4 Å². The van der Waals surface area contributed by atoms with Gasteiger partial charge in [-0.3, -0.25) is 0 Å². The lowest BCUT2D eigenvalue weighted by Crippen LogP contribution is -2.08. The van der Waals surface area contributed by atoms with Crippen molar-refractivity contribution in [2.45, 2.75) is 26.8 Å². The molecule has 6 heteroatoms. The minimum absolute atomic E-state index is 0.610. The lowest BCUT2D eigenvalue weighted by molar-refractivity contribution is 0.397. The molecule has 0 saturated carbocycles. The zero-order chi connectivity index (χ0) is 15.1. The summed E-state index contributed by atoms with van der Waals surface area (Å²) >= 11 is 0. The quantitative estimate of drug-likeness (QED) is 0.815. The Hall–Kier alpha value is -2.37. The molecule has 112 valence electrons. The average Bonchev–Trinajstić information content (AvgIpc) is 2.50. The monoisotopic (exact) mass is 287 g/mol. The Morgan fingerprint density at radius 2 is 2.05 bits per heavy atom. The van der Waals surface area contributed by atoms with Gasteiger partial charge < -0.3 is 15.4 Å². The van der Waals surface area contributed by atoms with Crippen molar-refractivity contribution in [1.29, 1.82) is 0 Å². The van der Waals surface area contributed by atoms with Gasteiger partial charge in [-0.15, -0.1) is 0 Å². The normalized spacial score (nSPS) is 10.2. The van der Waals surface area contributed by atoms with Crippen molar-refractivity contribution >= 4 is 11.8 Å². The summed E-state index contributed by atoms with van der Waals surface area (Å²) in [5.74, 6) is 2.07. The van der Waals surface area contributed by atoms with E-state index in [1.165, 1.54) is 0 Å². The van der Waals surface area contributed by atoms with Crippen LogP contribution < -0.4 is 15.4 Å². The summed E-state index contributed by atoms with van der Waals surface area (Å²) in [5.41, 5.74) is 2.01. The van der Waals surface area contributed by atoms with Gasteiger partial charge in [-0.05, 0) is 25.0 Å². The summed E-state index contributed by atoms with van der Waals surface area (Å²) in [4.78, 5) is 12.9. The molecule has 21 heavy (non-hydrogen) atoms. The van der Waals surface area contributed by atoms with Gasteiger partial charge in [0.25, 0.3) is 0 Å². The standard InChI is InChI=1S/C15H21N5O/c1-4-6-17-15-19-11(2)8-13(20-15)18-10-12-5-7-16-14(9-12)21-3/h5,7-9H,4,6,10H2,1-3H3,(H2,17,18,19,20). The fourth-order valence-corrected chi connectivity index (χ4v) is 1.84. The molecule has 0 radical (unpaired) electrons. The Bertz CT molecular complexity index is 588. The predicted octanol–water partition coefficient (Wildman–Crippen LogP) is 2.62. The number of ether oxygens (including phenoxy) is 1. The van der Waals surface area contributed by atoms with Crippen molar-refractivity contribution < 1.29 is 4.74 Å². The number of methoxy groups -OCH3 is 1. The van der Waals surface area contributed by atoms with Crippen LogP contribution in [0.1, 0.15) is 24.6 Å². The molecule has 0 unspecified atom stereocenters. The summed E-state index contributed by atoms with van der Waals surface area (Å²) < 4.78 is 5.11. The van der Waals surface area contributed by atoms with Gasteiger partial charge in [0, 0.05) is 37.1 Å². The third-order valence-electron chi connectivity index (χ3n) is 2.87. The molecule has 0 atom stereocenters. The second kappa shape index (κ2) is 7.42. The lowest BCUT2D eigenvalue weighted by Gasteiger charge is -2.10. The van der Waals surface area contributed by atoms with Gasteiger partial charge in [-0.25, -0.2) is 9.97 Å². The summed E-state index contributed by atoms with van der Waals surface area (Å²) in [5, 5.41) is 6.50.